The zero-order valence-electron chi connectivity index (χ0n) is 28.7. The molecule has 0 bridgehead atoms. The van der Waals surface area contributed by atoms with E-state index in [-0.39, 0.29) is 76.7 Å². The number of hydrogen-bond donors (Lipinski definition) is 0. The fraction of sp³-hybridized carbons (Fsp3) is 0.605. The molecule has 13 heteroatoms. The highest BCUT2D eigenvalue weighted by Gasteiger charge is 2.62. The van der Waals surface area contributed by atoms with Gasteiger partial charge in [-0.15, -0.1) is 0 Å². The lowest BCUT2D eigenvalue weighted by atomic mass is 9.75. The molecule has 2 aliphatic carbocycles. The highest BCUT2D eigenvalue weighted by atomic mass is 19.4. The van der Waals surface area contributed by atoms with Crippen LogP contribution in [0.3, 0.4) is 0 Å². The van der Waals surface area contributed by atoms with Gasteiger partial charge in [0, 0.05) is 51.9 Å². The first-order valence-corrected chi connectivity index (χ1v) is 18.0. The van der Waals surface area contributed by atoms with Gasteiger partial charge in [-0.25, -0.2) is 13.6 Å². The largest absolute Gasteiger partial charge is 0.448 e. The number of hydrogen-bond acceptors (Lipinski definition) is 5. The number of likely N-dealkylation sites (tertiary alicyclic amines) is 2. The predicted octanol–water partition coefficient (Wildman–Crippen LogP) is 7.01. The van der Waals surface area contributed by atoms with Crippen molar-refractivity contribution in [1.29, 1.82) is 0 Å². The van der Waals surface area contributed by atoms with Gasteiger partial charge in [-0.2, -0.15) is 13.2 Å². The number of piperidine rings is 2. The van der Waals surface area contributed by atoms with Crippen LogP contribution in [0.5, 0.6) is 0 Å². The second kappa shape index (κ2) is 13.3. The van der Waals surface area contributed by atoms with Crippen LogP contribution in [0.2, 0.25) is 0 Å². The first kappa shape index (κ1) is 35.7. The number of benzene rings is 2. The lowest BCUT2D eigenvalue weighted by Crippen LogP contribution is -2.65. The summed E-state index contributed by atoms with van der Waals surface area (Å²) in [6.45, 7) is 0.0645. The van der Waals surface area contributed by atoms with Crippen LogP contribution in [0.15, 0.2) is 48.5 Å². The summed E-state index contributed by atoms with van der Waals surface area (Å²) in [5, 5.41) is 0. The van der Waals surface area contributed by atoms with Gasteiger partial charge >= 0.3 is 12.3 Å². The number of nitrogens with zero attached hydrogens (tertiary/aromatic N) is 3. The molecule has 1 saturated carbocycles. The van der Waals surface area contributed by atoms with Gasteiger partial charge < -0.3 is 19.3 Å². The van der Waals surface area contributed by atoms with Crippen molar-refractivity contribution < 1.29 is 45.8 Å². The van der Waals surface area contributed by atoms with Crippen molar-refractivity contribution in [1.82, 2.24) is 14.7 Å². The lowest BCUT2D eigenvalue weighted by Gasteiger charge is -2.51. The number of halogens is 5. The zero-order chi connectivity index (χ0) is 36.2. The first-order valence-electron chi connectivity index (χ1n) is 18.0. The van der Waals surface area contributed by atoms with Gasteiger partial charge in [-0.1, -0.05) is 48.5 Å². The van der Waals surface area contributed by atoms with E-state index in [4.69, 9.17) is 9.47 Å². The van der Waals surface area contributed by atoms with E-state index in [0.29, 0.717) is 13.0 Å². The summed E-state index contributed by atoms with van der Waals surface area (Å²) in [5.41, 5.74) is 0.953. The molecule has 0 N–H and O–H groups in total. The Balaban J connectivity index is 1.03. The second-order valence-corrected chi connectivity index (χ2v) is 15.2. The van der Waals surface area contributed by atoms with Crippen molar-refractivity contribution >= 4 is 17.9 Å². The minimum atomic E-state index is -4.88. The third-order valence-corrected chi connectivity index (χ3v) is 12.1. The summed E-state index contributed by atoms with van der Waals surface area (Å²) >= 11 is 0. The summed E-state index contributed by atoms with van der Waals surface area (Å²) in [7, 11) is 1.30. The fourth-order valence-electron chi connectivity index (χ4n) is 8.95. The maximum Gasteiger partial charge on any atom is 0.410 e. The Morgan fingerprint density at radius 2 is 1.47 bits per heavy atom. The molecule has 2 aromatic carbocycles. The molecule has 2 atom stereocenters. The SMILES string of the molecule is CN(CC1CCC(F)(F)CC1)C(=O)C1(C(F)(F)F)CCN(C(=O)[C@@H]2CC[C@@]3(CCO3)CN2C(=O)OCC2c3ccccc3-c3ccccc32)CC1. The molecule has 1 spiro atoms. The molecular formula is C38H44F5N3O5. The third-order valence-electron chi connectivity index (χ3n) is 12.1. The third kappa shape index (κ3) is 6.59. The average molecular weight is 718 g/mol. The second-order valence-electron chi connectivity index (χ2n) is 15.2. The molecule has 276 valence electrons. The molecule has 0 unspecified atom stereocenters. The Morgan fingerprint density at radius 1 is 0.882 bits per heavy atom. The molecule has 0 radical (unpaired) electrons. The number of amides is 3. The van der Waals surface area contributed by atoms with E-state index >= 15 is 0 Å². The summed E-state index contributed by atoms with van der Waals surface area (Å²) < 4.78 is 83.3. The predicted molar refractivity (Wildman–Crippen MR) is 177 cm³/mol. The molecule has 3 saturated heterocycles. The van der Waals surface area contributed by atoms with Crippen LogP contribution in [0.1, 0.15) is 74.8 Å². The Morgan fingerprint density at radius 3 is 2.02 bits per heavy atom. The van der Waals surface area contributed by atoms with Crippen molar-refractivity contribution in [2.75, 3.05) is 46.4 Å². The molecule has 8 nitrogen and oxygen atoms in total. The maximum absolute atomic E-state index is 14.7. The molecule has 5 aliphatic rings. The highest BCUT2D eigenvalue weighted by molar-refractivity contribution is 5.88. The number of alkyl halides is 5. The number of rotatable bonds is 6. The molecule has 0 aromatic heterocycles. The van der Waals surface area contributed by atoms with E-state index < -0.39 is 59.9 Å². The van der Waals surface area contributed by atoms with Crippen LogP contribution < -0.4 is 0 Å². The van der Waals surface area contributed by atoms with Crippen LogP contribution >= 0.6 is 0 Å². The summed E-state index contributed by atoms with van der Waals surface area (Å²) in [6.07, 6.45) is -5.71. The van der Waals surface area contributed by atoms with Gasteiger partial charge in [0.2, 0.25) is 17.7 Å². The molecular weight excluding hydrogens is 673 g/mol. The molecule has 7 rings (SSSR count). The van der Waals surface area contributed by atoms with E-state index in [1.54, 1.807) is 0 Å². The van der Waals surface area contributed by atoms with E-state index in [0.717, 1.165) is 33.6 Å². The Labute approximate surface area is 294 Å². The topological polar surface area (TPSA) is 79.4 Å². The van der Waals surface area contributed by atoms with Crippen molar-refractivity contribution in [2.45, 2.75) is 87.4 Å². The maximum atomic E-state index is 14.7. The van der Waals surface area contributed by atoms with E-state index in [2.05, 4.69) is 0 Å². The van der Waals surface area contributed by atoms with Crippen molar-refractivity contribution in [3.63, 3.8) is 0 Å². The van der Waals surface area contributed by atoms with E-state index in [1.807, 2.05) is 48.5 Å². The van der Waals surface area contributed by atoms with Crippen molar-refractivity contribution in [2.24, 2.45) is 11.3 Å². The van der Waals surface area contributed by atoms with E-state index in [1.165, 1.54) is 16.8 Å². The zero-order valence-corrected chi connectivity index (χ0v) is 28.7. The van der Waals surface area contributed by atoms with Crippen LogP contribution in [0, 0.1) is 11.3 Å². The van der Waals surface area contributed by atoms with E-state index in [9.17, 15) is 36.3 Å². The molecule has 51 heavy (non-hydrogen) atoms. The van der Waals surface area contributed by atoms with Gasteiger partial charge in [-0.3, -0.25) is 14.5 Å². The molecule has 3 aliphatic heterocycles. The standard InChI is InChI=1S/C38H44F5N3O5/c1-44(22-25-10-14-37(39,40)15-11-25)33(48)36(38(41,42)43)16-19-45(20-17-36)32(47)31-12-13-35(18-21-51-35)24-46(31)34(49)50-23-30-28-8-4-2-6-26(28)27-7-3-5-9-29(27)30/h2-9,25,30-31H,10-24H2,1H3/t31-,35+/m0/s1. The van der Waals surface area contributed by atoms with Gasteiger partial charge in [0.25, 0.3) is 0 Å². The smallest absolute Gasteiger partial charge is 0.410 e. The summed E-state index contributed by atoms with van der Waals surface area (Å²) in [4.78, 5) is 45.1. The van der Waals surface area contributed by atoms with Gasteiger partial charge in [0.05, 0.1) is 18.8 Å². The summed E-state index contributed by atoms with van der Waals surface area (Å²) in [5.74, 6) is -4.85. The normalized spacial score (nSPS) is 25.9. The van der Waals surface area contributed by atoms with Gasteiger partial charge in [-0.05, 0) is 66.7 Å². The molecule has 3 heterocycles. The molecule has 2 aromatic rings. The number of carbonyl (C=O) groups excluding carboxylic acids is 3. The monoisotopic (exact) mass is 717 g/mol. The minimum absolute atomic E-state index is 0.0314. The number of fused-ring (bicyclic) bond motifs is 3. The highest BCUT2D eigenvalue weighted by Crippen LogP contribution is 2.49. The van der Waals surface area contributed by atoms with Crippen molar-refractivity contribution in [3.05, 3.63) is 59.7 Å². The Kier molecular flexibility index (Phi) is 9.33. The fourth-order valence-corrected chi connectivity index (χ4v) is 8.95. The number of ether oxygens (including phenoxy) is 2. The van der Waals surface area contributed by atoms with Crippen LogP contribution in [-0.2, 0) is 19.1 Å². The van der Waals surface area contributed by atoms with Crippen LogP contribution in [-0.4, -0.2) is 103 Å². The number of carbonyl (C=O) groups is 3. The van der Waals surface area contributed by atoms with Crippen LogP contribution in [0.4, 0.5) is 26.7 Å². The lowest BCUT2D eigenvalue weighted by molar-refractivity contribution is -0.238. The average Bonchev–Trinajstić information content (AvgIpc) is 3.43. The van der Waals surface area contributed by atoms with Gasteiger partial charge in [0.1, 0.15) is 18.1 Å². The Bertz CT molecular complexity index is 1600. The quantitative estimate of drug-likeness (QED) is 0.301. The van der Waals surface area contributed by atoms with Gasteiger partial charge in [0.15, 0.2) is 0 Å². The molecule has 3 amide bonds. The first-order chi connectivity index (χ1) is 24.2. The van der Waals surface area contributed by atoms with Crippen molar-refractivity contribution in [3.8, 4) is 11.1 Å². The summed E-state index contributed by atoms with van der Waals surface area (Å²) in [6, 6.07) is 14.9. The van der Waals surface area contributed by atoms with Crippen LogP contribution in [0.25, 0.3) is 11.1 Å². The molecule has 4 fully saturated rings. The Hall–Kier alpha value is -3.74. The minimum Gasteiger partial charge on any atom is -0.448 e.